The largest absolute Gasteiger partial charge is 0.366 e. The molecule has 0 aliphatic heterocycles. The van der Waals surface area contributed by atoms with Crippen LogP contribution in [0.4, 0.5) is 0 Å². The molecule has 0 spiro atoms. The Bertz CT molecular complexity index is 615. The van der Waals surface area contributed by atoms with Gasteiger partial charge in [0.15, 0.2) is 0 Å². The van der Waals surface area contributed by atoms with Crippen LogP contribution in [0.5, 0.6) is 0 Å². The lowest BCUT2D eigenvalue weighted by atomic mass is 10.1. The van der Waals surface area contributed by atoms with E-state index < -0.39 is 15.9 Å². The van der Waals surface area contributed by atoms with E-state index in [0.717, 1.165) is 19.3 Å². The SMILES string of the molecule is CCCCCCCCCCCCNS(=O)(=O)c1cccc(C(N)=O)c1. The molecule has 0 aromatic heterocycles. The molecule has 0 aliphatic carbocycles. The van der Waals surface area contributed by atoms with Crippen molar-refractivity contribution in [3.63, 3.8) is 0 Å². The molecule has 0 bridgehead atoms. The van der Waals surface area contributed by atoms with Gasteiger partial charge in [0, 0.05) is 12.1 Å². The summed E-state index contributed by atoms with van der Waals surface area (Å²) in [6.07, 6.45) is 12.1. The molecule has 1 rings (SSSR count). The summed E-state index contributed by atoms with van der Waals surface area (Å²) in [5, 5.41) is 0. The first kappa shape index (κ1) is 21.6. The third-order valence-electron chi connectivity index (χ3n) is 4.25. The van der Waals surface area contributed by atoms with Gasteiger partial charge in [0.1, 0.15) is 0 Å². The Morgan fingerprint density at radius 1 is 0.960 bits per heavy atom. The molecule has 5 nitrogen and oxygen atoms in total. The number of hydrogen-bond acceptors (Lipinski definition) is 3. The maximum absolute atomic E-state index is 12.2. The van der Waals surface area contributed by atoms with E-state index in [1.807, 2.05) is 0 Å². The minimum atomic E-state index is -3.58. The first-order valence-corrected chi connectivity index (χ1v) is 10.8. The van der Waals surface area contributed by atoms with E-state index in [2.05, 4.69) is 11.6 Å². The molecule has 0 saturated heterocycles. The molecule has 3 N–H and O–H groups in total. The van der Waals surface area contributed by atoms with Crippen molar-refractivity contribution in [2.75, 3.05) is 6.54 Å². The number of amides is 1. The van der Waals surface area contributed by atoms with E-state index in [4.69, 9.17) is 5.73 Å². The lowest BCUT2D eigenvalue weighted by Gasteiger charge is -2.07. The van der Waals surface area contributed by atoms with Crippen molar-refractivity contribution in [1.29, 1.82) is 0 Å². The number of benzene rings is 1. The maximum Gasteiger partial charge on any atom is 0.248 e. The maximum atomic E-state index is 12.2. The fraction of sp³-hybridized carbons (Fsp3) is 0.632. The van der Waals surface area contributed by atoms with Gasteiger partial charge >= 0.3 is 0 Å². The molecule has 0 aliphatic rings. The highest BCUT2D eigenvalue weighted by molar-refractivity contribution is 7.89. The second-order valence-electron chi connectivity index (χ2n) is 6.47. The molecule has 6 heteroatoms. The molecule has 1 aromatic carbocycles. The molecule has 0 atom stereocenters. The number of sulfonamides is 1. The van der Waals surface area contributed by atoms with Gasteiger partial charge in [-0.3, -0.25) is 4.79 Å². The van der Waals surface area contributed by atoms with Gasteiger partial charge in [-0.1, -0.05) is 70.8 Å². The Labute approximate surface area is 152 Å². The Balaban J connectivity index is 2.18. The van der Waals surface area contributed by atoms with Crippen LogP contribution in [0.25, 0.3) is 0 Å². The number of unbranched alkanes of at least 4 members (excludes halogenated alkanes) is 9. The predicted molar refractivity (Wildman–Crippen MR) is 102 cm³/mol. The molecule has 0 heterocycles. The third-order valence-corrected chi connectivity index (χ3v) is 5.71. The smallest absolute Gasteiger partial charge is 0.248 e. The molecule has 0 fully saturated rings. The molecule has 142 valence electrons. The van der Waals surface area contributed by atoms with Crippen molar-refractivity contribution in [1.82, 2.24) is 4.72 Å². The van der Waals surface area contributed by atoms with Crippen LogP contribution >= 0.6 is 0 Å². The second kappa shape index (κ2) is 12.0. The Morgan fingerprint density at radius 3 is 2.08 bits per heavy atom. The zero-order chi connectivity index (χ0) is 18.5. The van der Waals surface area contributed by atoms with E-state index in [1.165, 1.54) is 69.2 Å². The van der Waals surface area contributed by atoms with Crippen LogP contribution < -0.4 is 10.5 Å². The summed E-state index contributed by atoms with van der Waals surface area (Å²) in [5.74, 6) is -0.633. The number of nitrogens with two attached hydrogens (primary N) is 1. The Morgan fingerprint density at radius 2 is 1.52 bits per heavy atom. The normalized spacial score (nSPS) is 11.6. The van der Waals surface area contributed by atoms with Crippen LogP contribution in [0.2, 0.25) is 0 Å². The van der Waals surface area contributed by atoms with Gasteiger partial charge in [0.05, 0.1) is 4.90 Å². The van der Waals surface area contributed by atoms with E-state index in [9.17, 15) is 13.2 Å². The molecule has 0 saturated carbocycles. The fourth-order valence-corrected chi connectivity index (χ4v) is 3.84. The summed E-state index contributed by atoms with van der Waals surface area (Å²) in [6.45, 7) is 2.64. The van der Waals surface area contributed by atoms with Crippen LogP contribution in [0, 0.1) is 0 Å². The van der Waals surface area contributed by atoms with Gasteiger partial charge in [-0.15, -0.1) is 0 Å². The number of carbonyl (C=O) groups excluding carboxylic acids is 1. The average molecular weight is 369 g/mol. The van der Waals surface area contributed by atoms with Crippen LogP contribution in [-0.4, -0.2) is 20.9 Å². The van der Waals surface area contributed by atoms with Gasteiger partial charge in [-0.05, 0) is 24.6 Å². The monoisotopic (exact) mass is 368 g/mol. The van der Waals surface area contributed by atoms with Gasteiger partial charge in [-0.25, -0.2) is 13.1 Å². The summed E-state index contributed by atoms with van der Waals surface area (Å²) < 4.78 is 27.0. The number of carbonyl (C=O) groups is 1. The number of hydrogen-bond donors (Lipinski definition) is 2. The van der Waals surface area contributed by atoms with Gasteiger partial charge in [0.2, 0.25) is 15.9 Å². The van der Waals surface area contributed by atoms with Gasteiger partial charge in [0.25, 0.3) is 0 Å². The summed E-state index contributed by atoms with van der Waals surface area (Å²) in [6, 6.07) is 5.80. The third kappa shape index (κ3) is 9.02. The summed E-state index contributed by atoms with van der Waals surface area (Å²) in [7, 11) is -3.58. The minimum Gasteiger partial charge on any atom is -0.366 e. The highest BCUT2D eigenvalue weighted by Gasteiger charge is 2.14. The predicted octanol–water partition coefficient (Wildman–Crippen LogP) is 3.98. The highest BCUT2D eigenvalue weighted by atomic mass is 32.2. The van der Waals surface area contributed by atoms with Crippen molar-refractivity contribution in [2.45, 2.75) is 76.0 Å². The molecule has 25 heavy (non-hydrogen) atoms. The zero-order valence-corrected chi connectivity index (χ0v) is 16.1. The van der Waals surface area contributed by atoms with Crippen molar-refractivity contribution in [3.8, 4) is 0 Å². The summed E-state index contributed by atoms with van der Waals surface area (Å²) in [5.41, 5.74) is 5.38. The standard InChI is InChI=1S/C19H32N2O3S/c1-2-3-4-5-6-7-8-9-10-11-15-21-25(23,24)18-14-12-13-17(16-18)19(20)22/h12-14,16,21H,2-11,15H2,1H3,(H2,20,22). The van der Waals surface area contributed by atoms with Crippen molar-refractivity contribution < 1.29 is 13.2 Å². The molecule has 1 aromatic rings. The molecule has 1 amide bonds. The van der Waals surface area contributed by atoms with Gasteiger partial charge in [-0.2, -0.15) is 0 Å². The van der Waals surface area contributed by atoms with Crippen LogP contribution in [0.1, 0.15) is 81.5 Å². The lowest BCUT2D eigenvalue weighted by molar-refractivity contribution is 0.1000. The number of primary amides is 1. The topological polar surface area (TPSA) is 89.3 Å². The molecular weight excluding hydrogens is 336 g/mol. The van der Waals surface area contributed by atoms with Crippen LogP contribution in [-0.2, 0) is 10.0 Å². The second-order valence-corrected chi connectivity index (χ2v) is 8.24. The zero-order valence-electron chi connectivity index (χ0n) is 15.3. The summed E-state index contributed by atoms with van der Waals surface area (Å²) >= 11 is 0. The van der Waals surface area contributed by atoms with E-state index >= 15 is 0 Å². The minimum absolute atomic E-state index is 0.0795. The lowest BCUT2D eigenvalue weighted by Crippen LogP contribution is -2.25. The molecule has 0 unspecified atom stereocenters. The van der Waals surface area contributed by atoms with Crippen LogP contribution in [0.15, 0.2) is 29.2 Å². The Kier molecular flexibility index (Phi) is 10.4. The quantitative estimate of drug-likeness (QED) is 0.487. The van der Waals surface area contributed by atoms with Crippen molar-refractivity contribution in [3.05, 3.63) is 29.8 Å². The highest BCUT2D eigenvalue weighted by Crippen LogP contribution is 2.12. The first-order valence-electron chi connectivity index (χ1n) is 9.37. The first-order chi connectivity index (χ1) is 12.0. The Hall–Kier alpha value is -1.40. The summed E-state index contributed by atoms with van der Waals surface area (Å²) in [4.78, 5) is 11.2. The number of nitrogens with one attached hydrogen (secondary N) is 1. The molecular formula is C19H32N2O3S. The van der Waals surface area contributed by atoms with Crippen molar-refractivity contribution >= 4 is 15.9 Å². The van der Waals surface area contributed by atoms with E-state index in [0.29, 0.717) is 6.54 Å². The van der Waals surface area contributed by atoms with Crippen molar-refractivity contribution in [2.24, 2.45) is 5.73 Å². The van der Waals surface area contributed by atoms with Gasteiger partial charge < -0.3 is 5.73 Å². The van der Waals surface area contributed by atoms with E-state index in [1.54, 1.807) is 0 Å². The van der Waals surface area contributed by atoms with Crippen LogP contribution in [0.3, 0.4) is 0 Å². The average Bonchev–Trinajstić information content (AvgIpc) is 2.59. The fourth-order valence-electron chi connectivity index (χ4n) is 2.72. The van der Waals surface area contributed by atoms with E-state index in [-0.39, 0.29) is 10.5 Å². The number of rotatable bonds is 14. The molecule has 0 radical (unpaired) electrons.